The normalized spacial score (nSPS) is 11.3. The summed E-state index contributed by atoms with van der Waals surface area (Å²) >= 11 is 13.0. The molecular weight excluding hydrogens is 413 g/mol. The molecule has 0 aliphatic carbocycles. The Bertz CT molecular complexity index is 1000. The second-order valence-corrected chi connectivity index (χ2v) is 8.27. The molecule has 7 nitrogen and oxygen atoms in total. The number of rotatable bonds is 4. The van der Waals surface area contributed by atoms with Gasteiger partial charge in [0.25, 0.3) is 0 Å². The van der Waals surface area contributed by atoms with Crippen LogP contribution in [0.1, 0.15) is 32.2 Å². The molecule has 0 spiro atoms. The average molecular weight is 434 g/mol. The van der Waals surface area contributed by atoms with Crippen molar-refractivity contribution in [1.82, 2.24) is 15.2 Å². The lowest BCUT2D eigenvalue weighted by atomic mass is 10.0. The van der Waals surface area contributed by atoms with Gasteiger partial charge in [0, 0.05) is 17.7 Å². The number of carbonyl (C=O) groups excluding carboxylic acids is 1. The summed E-state index contributed by atoms with van der Waals surface area (Å²) in [4.78, 5) is 16.0. The molecule has 29 heavy (non-hydrogen) atoms. The Balaban J connectivity index is 1.77. The van der Waals surface area contributed by atoms with Crippen LogP contribution in [0.25, 0.3) is 11.1 Å². The molecular formula is C20H21Cl2N5O2. The summed E-state index contributed by atoms with van der Waals surface area (Å²) in [5.74, 6) is 0.814. The summed E-state index contributed by atoms with van der Waals surface area (Å²) in [5.41, 5.74) is 7.97. The number of amides is 1. The van der Waals surface area contributed by atoms with E-state index in [1.165, 1.54) is 0 Å². The van der Waals surface area contributed by atoms with Gasteiger partial charge in [-0.3, -0.25) is 10.4 Å². The maximum atomic E-state index is 11.9. The molecule has 0 fully saturated rings. The van der Waals surface area contributed by atoms with Gasteiger partial charge in [0.1, 0.15) is 11.4 Å². The molecule has 0 atom stereocenters. The highest BCUT2D eigenvalue weighted by molar-refractivity contribution is 6.39. The fourth-order valence-corrected chi connectivity index (χ4v) is 3.48. The van der Waals surface area contributed by atoms with Crippen LogP contribution in [-0.4, -0.2) is 26.9 Å². The van der Waals surface area contributed by atoms with Crippen molar-refractivity contribution in [2.24, 2.45) is 0 Å². The summed E-state index contributed by atoms with van der Waals surface area (Å²) in [6.07, 6.45) is -0.0402. The van der Waals surface area contributed by atoms with E-state index in [-0.39, 0.29) is 5.95 Å². The zero-order chi connectivity index (χ0) is 21.2. The molecule has 1 amide bonds. The number of aromatic nitrogens is 3. The third-order valence-electron chi connectivity index (χ3n) is 3.84. The van der Waals surface area contributed by atoms with Crippen LogP contribution in [0.15, 0.2) is 36.4 Å². The average Bonchev–Trinajstić information content (AvgIpc) is 2.99. The highest BCUT2D eigenvalue weighted by Crippen LogP contribution is 2.36. The number of ether oxygens (including phenoxy) is 1. The van der Waals surface area contributed by atoms with E-state index in [1.807, 2.05) is 24.3 Å². The summed E-state index contributed by atoms with van der Waals surface area (Å²) in [7, 11) is 0. The molecule has 9 heteroatoms. The molecule has 0 bridgehead atoms. The molecule has 3 aromatic rings. The number of anilines is 2. The molecule has 0 unspecified atom stereocenters. The highest BCUT2D eigenvalue weighted by atomic mass is 35.5. The molecule has 1 heterocycles. The van der Waals surface area contributed by atoms with Gasteiger partial charge in [-0.2, -0.15) is 4.98 Å². The first-order valence-electron chi connectivity index (χ1n) is 8.86. The molecule has 0 aliphatic rings. The standard InChI is InChI=1S/C20H21Cl2N5O2/c1-20(2,3)29-19(28)24-13-6-4-12(5-7-13)17-14(21)8-11(9-15(17)22)10-16-25-18(23)27-26-16/h4-9H,10H2,1-3H3,(H,24,28)(H3,23,25,26,27). The highest BCUT2D eigenvalue weighted by Gasteiger charge is 2.17. The Morgan fingerprint density at radius 3 is 2.31 bits per heavy atom. The monoisotopic (exact) mass is 433 g/mol. The number of benzene rings is 2. The Labute approximate surface area is 178 Å². The van der Waals surface area contributed by atoms with E-state index in [9.17, 15) is 4.79 Å². The van der Waals surface area contributed by atoms with E-state index in [2.05, 4.69) is 20.5 Å². The largest absolute Gasteiger partial charge is 0.444 e. The quantitative estimate of drug-likeness (QED) is 0.517. The number of H-pyrrole nitrogens is 1. The van der Waals surface area contributed by atoms with Crippen molar-refractivity contribution in [1.29, 1.82) is 0 Å². The summed E-state index contributed by atoms with van der Waals surface area (Å²) in [5, 5.41) is 10.3. The first-order chi connectivity index (χ1) is 13.6. The van der Waals surface area contributed by atoms with Crippen LogP contribution in [0.3, 0.4) is 0 Å². The predicted molar refractivity (Wildman–Crippen MR) is 115 cm³/mol. The van der Waals surface area contributed by atoms with E-state index in [0.29, 0.717) is 33.5 Å². The van der Waals surface area contributed by atoms with Crippen LogP contribution in [-0.2, 0) is 11.2 Å². The summed E-state index contributed by atoms with van der Waals surface area (Å²) < 4.78 is 5.25. The van der Waals surface area contributed by atoms with Crippen LogP contribution < -0.4 is 11.1 Å². The maximum absolute atomic E-state index is 11.9. The number of hydrogen-bond acceptors (Lipinski definition) is 5. The van der Waals surface area contributed by atoms with Crippen molar-refractivity contribution in [2.45, 2.75) is 32.8 Å². The Kier molecular flexibility index (Phi) is 6.00. The van der Waals surface area contributed by atoms with Gasteiger partial charge in [0.2, 0.25) is 5.95 Å². The third-order valence-corrected chi connectivity index (χ3v) is 4.44. The molecule has 0 aliphatic heterocycles. The first kappa shape index (κ1) is 21.0. The number of halogens is 2. The predicted octanol–water partition coefficient (Wildman–Crippen LogP) is 5.30. The van der Waals surface area contributed by atoms with Crippen LogP contribution in [0.2, 0.25) is 10.0 Å². The second-order valence-electron chi connectivity index (χ2n) is 7.46. The van der Waals surface area contributed by atoms with Crippen LogP contribution in [0.5, 0.6) is 0 Å². The first-order valence-corrected chi connectivity index (χ1v) is 9.61. The summed E-state index contributed by atoms with van der Waals surface area (Å²) in [6, 6.07) is 10.8. The van der Waals surface area contributed by atoms with E-state index < -0.39 is 11.7 Å². The summed E-state index contributed by atoms with van der Waals surface area (Å²) in [6.45, 7) is 5.42. The number of nitrogens with zero attached hydrogens (tertiary/aromatic N) is 2. The number of nitrogens with one attached hydrogen (secondary N) is 2. The molecule has 1 aromatic heterocycles. The van der Waals surface area contributed by atoms with Crippen molar-refractivity contribution in [3.05, 3.63) is 57.8 Å². The van der Waals surface area contributed by atoms with Crippen molar-refractivity contribution in [2.75, 3.05) is 11.1 Å². The van der Waals surface area contributed by atoms with E-state index >= 15 is 0 Å². The lowest BCUT2D eigenvalue weighted by Gasteiger charge is -2.19. The number of carbonyl (C=O) groups is 1. The molecule has 0 saturated carbocycles. The van der Waals surface area contributed by atoms with Crippen LogP contribution in [0, 0.1) is 0 Å². The van der Waals surface area contributed by atoms with Crippen molar-refractivity contribution >= 4 is 40.9 Å². The lowest BCUT2D eigenvalue weighted by molar-refractivity contribution is 0.0636. The van der Waals surface area contributed by atoms with Gasteiger partial charge in [0.05, 0.1) is 10.0 Å². The zero-order valence-corrected chi connectivity index (χ0v) is 17.7. The smallest absolute Gasteiger partial charge is 0.412 e. The SMILES string of the molecule is CC(C)(C)OC(=O)Nc1ccc(-c2c(Cl)cc(Cc3nc(N)n[nH]3)cc2Cl)cc1. The van der Waals surface area contributed by atoms with Crippen molar-refractivity contribution < 1.29 is 9.53 Å². The minimum Gasteiger partial charge on any atom is -0.444 e. The van der Waals surface area contributed by atoms with Gasteiger partial charge < -0.3 is 10.5 Å². The lowest BCUT2D eigenvalue weighted by Crippen LogP contribution is -2.27. The number of nitrogen functional groups attached to an aromatic ring is 1. The second kappa shape index (κ2) is 8.31. The Morgan fingerprint density at radius 1 is 1.17 bits per heavy atom. The number of aromatic amines is 1. The van der Waals surface area contributed by atoms with E-state index in [4.69, 9.17) is 33.7 Å². The van der Waals surface area contributed by atoms with Gasteiger partial charge in [-0.05, 0) is 56.2 Å². The molecule has 0 saturated heterocycles. The fourth-order valence-electron chi connectivity index (χ4n) is 2.73. The molecule has 0 radical (unpaired) electrons. The van der Waals surface area contributed by atoms with Gasteiger partial charge >= 0.3 is 6.09 Å². The fraction of sp³-hybridized carbons (Fsp3) is 0.250. The molecule has 4 N–H and O–H groups in total. The maximum Gasteiger partial charge on any atom is 0.412 e. The number of hydrogen-bond donors (Lipinski definition) is 3. The van der Waals surface area contributed by atoms with Gasteiger partial charge in [-0.15, -0.1) is 5.10 Å². The van der Waals surface area contributed by atoms with E-state index in [0.717, 1.165) is 11.1 Å². The van der Waals surface area contributed by atoms with Gasteiger partial charge in [0.15, 0.2) is 0 Å². The van der Waals surface area contributed by atoms with Gasteiger partial charge in [-0.1, -0.05) is 35.3 Å². The molecule has 3 rings (SSSR count). The Morgan fingerprint density at radius 2 is 1.79 bits per heavy atom. The molecule has 2 aromatic carbocycles. The number of nitrogens with two attached hydrogens (primary N) is 1. The van der Waals surface area contributed by atoms with E-state index in [1.54, 1.807) is 32.9 Å². The van der Waals surface area contributed by atoms with Crippen LogP contribution >= 0.6 is 23.2 Å². The van der Waals surface area contributed by atoms with Crippen LogP contribution in [0.4, 0.5) is 16.4 Å². The molecule has 152 valence electrons. The minimum absolute atomic E-state index is 0.189. The minimum atomic E-state index is -0.565. The van der Waals surface area contributed by atoms with Gasteiger partial charge in [-0.25, -0.2) is 4.79 Å². The third kappa shape index (κ3) is 5.62. The van der Waals surface area contributed by atoms with Crippen molar-refractivity contribution in [3.63, 3.8) is 0 Å². The topological polar surface area (TPSA) is 106 Å². The zero-order valence-electron chi connectivity index (χ0n) is 16.2. The Hall–Kier alpha value is -2.77. The van der Waals surface area contributed by atoms with Crippen molar-refractivity contribution in [3.8, 4) is 11.1 Å².